The van der Waals surface area contributed by atoms with Crippen LogP contribution in [0.2, 0.25) is 0 Å². The number of carbonyl (C=O) groups is 1. The summed E-state index contributed by atoms with van der Waals surface area (Å²) in [7, 11) is 0. The number of rotatable bonds is 9. The Balaban J connectivity index is 0.00000288. The molecule has 1 aromatic heterocycles. The van der Waals surface area contributed by atoms with Crippen LogP contribution in [0.15, 0.2) is 41.8 Å². The van der Waals surface area contributed by atoms with Crippen molar-refractivity contribution >= 4 is 29.7 Å². The van der Waals surface area contributed by atoms with E-state index in [1.54, 1.807) is 23.5 Å². The van der Waals surface area contributed by atoms with Crippen LogP contribution in [-0.2, 0) is 6.61 Å². The van der Waals surface area contributed by atoms with Gasteiger partial charge in [-0.2, -0.15) is 0 Å². The Bertz CT molecular complexity index is 605. The lowest BCUT2D eigenvalue weighted by molar-refractivity contribution is 0.0935. The van der Waals surface area contributed by atoms with Crippen molar-refractivity contribution in [3.05, 3.63) is 52.2 Å². The van der Waals surface area contributed by atoms with Gasteiger partial charge in [-0.25, -0.2) is 0 Å². The summed E-state index contributed by atoms with van der Waals surface area (Å²) in [6.07, 6.45) is 3.07. The van der Waals surface area contributed by atoms with Gasteiger partial charge >= 0.3 is 0 Å². The largest absolute Gasteiger partial charge is 0.488 e. The van der Waals surface area contributed by atoms with Crippen LogP contribution in [0.25, 0.3) is 0 Å². The average molecular weight is 369 g/mol. The van der Waals surface area contributed by atoms with E-state index in [9.17, 15) is 4.79 Å². The second-order valence-electron chi connectivity index (χ2n) is 5.44. The number of amides is 1. The maximum Gasteiger partial charge on any atom is 0.251 e. The molecule has 2 aromatic rings. The van der Waals surface area contributed by atoms with Crippen LogP contribution in [-0.4, -0.2) is 18.5 Å². The van der Waals surface area contributed by atoms with Gasteiger partial charge in [0.15, 0.2) is 0 Å². The van der Waals surface area contributed by atoms with Crippen molar-refractivity contribution < 1.29 is 9.53 Å². The summed E-state index contributed by atoms with van der Waals surface area (Å²) < 4.78 is 5.74. The van der Waals surface area contributed by atoms with Crippen LogP contribution >= 0.6 is 23.7 Å². The second-order valence-corrected chi connectivity index (χ2v) is 6.48. The van der Waals surface area contributed by atoms with Crippen LogP contribution < -0.4 is 15.8 Å². The molecule has 1 aromatic carbocycles. The Hall–Kier alpha value is -1.56. The van der Waals surface area contributed by atoms with E-state index in [4.69, 9.17) is 10.5 Å². The van der Waals surface area contributed by atoms with E-state index >= 15 is 0 Å². The Kier molecular flexibility index (Phi) is 9.45. The van der Waals surface area contributed by atoms with Gasteiger partial charge in [-0.1, -0.05) is 31.9 Å². The van der Waals surface area contributed by atoms with Crippen LogP contribution in [0, 0.1) is 0 Å². The SMILES string of the molecule is CCCCC(CN)NC(=O)c1cccc(OCc2cccs2)c1.Cl. The summed E-state index contributed by atoms with van der Waals surface area (Å²) in [5, 5.41) is 5.02. The first kappa shape index (κ1) is 20.5. The highest BCUT2D eigenvalue weighted by Gasteiger charge is 2.12. The van der Waals surface area contributed by atoms with E-state index in [0.717, 1.165) is 24.1 Å². The van der Waals surface area contributed by atoms with Crippen molar-refractivity contribution in [2.45, 2.75) is 38.8 Å². The Labute approximate surface area is 153 Å². The van der Waals surface area contributed by atoms with Gasteiger partial charge in [-0.05, 0) is 36.1 Å². The minimum atomic E-state index is -0.0990. The number of carbonyl (C=O) groups excluding carboxylic acids is 1. The molecule has 0 radical (unpaired) electrons. The standard InChI is InChI=1S/C18H24N2O2S.ClH/c1-2-3-7-15(12-19)20-18(21)14-6-4-8-16(11-14)22-13-17-9-5-10-23-17;/h4-6,8-11,15H,2-3,7,12-13,19H2,1H3,(H,20,21);1H. The number of nitrogens with two attached hydrogens (primary N) is 1. The molecule has 3 N–H and O–H groups in total. The van der Waals surface area contributed by atoms with E-state index < -0.39 is 0 Å². The fraction of sp³-hybridized carbons (Fsp3) is 0.389. The molecule has 0 aliphatic rings. The lowest BCUT2D eigenvalue weighted by atomic mass is 10.1. The van der Waals surface area contributed by atoms with Gasteiger partial charge in [0.25, 0.3) is 5.91 Å². The molecule has 0 aliphatic carbocycles. The normalized spacial score (nSPS) is 11.4. The van der Waals surface area contributed by atoms with E-state index in [2.05, 4.69) is 12.2 Å². The van der Waals surface area contributed by atoms with Gasteiger partial charge in [0, 0.05) is 23.0 Å². The van der Waals surface area contributed by atoms with E-state index in [0.29, 0.717) is 24.5 Å². The Morgan fingerprint density at radius 1 is 1.33 bits per heavy atom. The Morgan fingerprint density at radius 2 is 2.17 bits per heavy atom. The van der Waals surface area contributed by atoms with Crippen molar-refractivity contribution in [2.24, 2.45) is 5.73 Å². The predicted octanol–water partition coefficient (Wildman–Crippen LogP) is 4.00. The van der Waals surface area contributed by atoms with Gasteiger partial charge in [0.1, 0.15) is 12.4 Å². The molecular weight excluding hydrogens is 344 g/mol. The number of hydrogen-bond acceptors (Lipinski definition) is 4. The van der Waals surface area contributed by atoms with Crippen LogP contribution in [0.5, 0.6) is 5.75 Å². The molecule has 1 unspecified atom stereocenters. The van der Waals surface area contributed by atoms with E-state index in [1.165, 1.54) is 0 Å². The molecule has 6 heteroatoms. The maximum atomic E-state index is 12.3. The molecule has 0 bridgehead atoms. The summed E-state index contributed by atoms with van der Waals surface area (Å²) in [6, 6.07) is 11.3. The summed E-state index contributed by atoms with van der Waals surface area (Å²) in [5.41, 5.74) is 6.33. The highest BCUT2D eigenvalue weighted by Crippen LogP contribution is 2.17. The summed E-state index contributed by atoms with van der Waals surface area (Å²) in [6.45, 7) is 3.11. The summed E-state index contributed by atoms with van der Waals surface area (Å²) in [4.78, 5) is 13.5. The van der Waals surface area contributed by atoms with Crippen molar-refractivity contribution in [1.82, 2.24) is 5.32 Å². The van der Waals surface area contributed by atoms with Gasteiger partial charge < -0.3 is 15.8 Å². The molecule has 1 heterocycles. The third-order valence-corrected chi connectivity index (χ3v) is 4.43. The summed E-state index contributed by atoms with van der Waals surface area (Å²) in [5.74, 6) is 0.599. The highest BCUT2D eigenvalue weighted by atomic mass is 35.5. The molecule has 0 saturated heterocycles. The molecule has 1 amide bonds. The average Bonchev–Trinajstić information content (AvgIpc) is 3.10. The number of unbranched alkanes of at least 4 members (excludes halogenated alkanes) is 1. The molecule has 0 spiro atoms. The van der Waals surface area contributed by atoms with Gasteiger partial charge in [0.2, 0.25) is 0 Å². The van der Waals surface area contributed by atoms with Gasteiger partial charge in [-0.15, -0.1) is 23.7 Å². The van der Waals surface area contributed by atoms with Crippen LogP contribution in [0.4, 0.5) is 0 Å². The second kappa shape index (κ2) is 11.1. The molecule has 1 atom stereocenters. The third kappa shape index (κ3) is 6.51. The smallest absolute Gasteiger partial charge is 0.251 e. The topological polar surface area (TPSA) is 64.3 Å². The number of benzene rings is 1. The molecule has 0 saturated carbocycles. The summed E-state index contributed by atoms with van der Waals surface area (Å²) >= 11 is 1.65. The lowest BCUT2D eigenvalue weighted by Gasteiger charge is -2.16. The quantitative estimate of drug-likeness (QED) is 0.703. The molecule has 132 valence electrons. The number of nitrogens with one attached hydrogen (secondary N) is 1. The molecule has 2 rings (SSSR count). The van der Waals surface area contributed by atoms with Crippen molar-refractivity contribution in [3.8, 4) is 5.75 Å². The zero-order valence-electron chi connectivity index (χ0n) is 13.9. The number of hydrogen-bond donors (Lipinski definition) is 2. The molecule has 0 aliphatic heterocycles. The first-order valence-electron chi connectivity index (χ1n) is 7.99. The monoisotopic (exact) mass is 368 g/mol. The zero-order valence-corrected chi connectivity index (χ0v) is 15.5. The fourth-order valence-electron chi connectivity index (χ4n) is 2.24. The molecule has 24 heavy (non-hydrogen) atoms. The minimum absolute atomic E-state index is 0. The highest BCUT2D eigenvalue weighted by molar-refractivity contribution is 7.09. The minimum Gasteiger partial charge on any atom is -0.488 e. The van der Waals surface area contributed by atoms with Crippen molar-refractivity contribution in [1.29, 1.82) is 0 Å². The van der Waals surface area contributed by atoms with Crippen molar-refractivity contribution in [2.75, 3.05) is 6.54 Å². The van der Waals surface area contributed by atoms with Crippen molar-refractivity contribution in [3.63, 3.8) is 0 Å². The number of ether oxygens (including phenoxy) is 1. The van der Waals surface area contributed by atoms with Crippen LogP contribution in [0.1, 0.15) is 41.4 Å². The predicted molar refractivity (Wildman–Crippen MR) is 102 cm³/mol. The molecule has 0 fully saturated rings. The van der Waals surface area contributed by atoms with Gasteiger partial charge in [-0.3, -0.25) is 4.79 Å². The number of halogens is 1. The first-order valence-corrected chi connectivity index (χ1v) is 8.87. The molecule has 4 nitrogen and oxygen atoms in total. The van der Waals surface area contributed by atoms with E-state index in [1.807, 2.05) is 29.6 Å². The lowest BCUT2D eigenvalue weighted by Crippen LogP contribution is -2.40. The van der Waals surface area contributed by atoms with Crippen LogP contribution in [0.3, 0.4) is 0 Å². The van der Waals surface area contributed by atoms with E-state index in [-0.39, 0.29) is 24.4 Å². The Morgan fingerprint density at radius 3 is 2.83 bits per heavy atom. The fourth-order valence-corrected chi connectivity index (χ4v) is 2.86. The third-order valence-electron chi connectivity index (χ3n) is 3.58. The zero-order chi connectivity index (χ0) is 16.5. The number of thiophene rings is 1. The first-order chi connectivity index (χ1) is 11.2. The van der Waals surface area contributed by atoms with Gasteiger partial charge in [0.05, 0.1) is 0 Å². The molecular formula is C18H25ClN2O2S. The maximum absolute atomic E-state index is 12.3.